The molecule has 0 amide bonds. The van der Waals surface area contributed by atoms with Crippen molar-refractivity contribution in [1.82, 2.24) is 9.97 Å². The Bertz CT molecular complexity index is 555. The number of nitrogens with zero attached hydrogens (tertiary/aromatic N) is 2. The van der Waals surface area contributed by atoms with Gasteiger partial charge in [0, 0.05) is 23.5 Å². The number of ether oxygens (including phenoxy) is 1. The zero-order valence-corrected chi connectivity index (χ0v) is 9.83. The van der Waals surface area contributed by atoms with Crippen LogP contribution in [0.2, 0.25) is 0 Å². The lowest BCUT2D eigenvalue weighted by molar-refractivity contribution is -0.136. The molecule has 18 heavy (non-hydrogen) atoms. The summed E-state index contributed by atoms with van der Waals surface area (Å²) in [6.07, 6.45) is 3.27. The second kappa shape index (κ2) is 5.27. The van der Waals surface area contributed by atoms with Crippen LogP contribution < -0.4 is 4.74 Å². The Balaban J connectivity index is 2.41. The molecule has 5 heteroatoms. The molecule has 2 aromatic heterocycles. The van der Waals surface area contributed by atoms with Crippen molar-refractivity contribution in [3.05, 3.63) is 42.4 Å². The highest BCUT2D eigenvalue weighted by Crippen LogP contribution is 2.27. The zero-order valence-electron chi connectivity index (χ0n) is 9.83. The first kappa shape index (κ1) is 12.0. The first-order valence-electron chi connectivity index (χ1n) is 5.37. The summed E-state index contributed by atoms with van der Waals surface area (Å²) in [5.74, 6) is -0.513. The van der Waals surface area contributed by atoms with E-state index in [1.807, 2.05) is 12.1 Å². The van der Waals surface area contributed by atoms with Gasteiger partial charge in [-0.1, -0.05) is 6.07 Å². The Morgan fingerprint density at radius 3 is 2.83 bits per heavy atom. The maximum atomic E-state index is 10.6. The molecule has 0 unspecified atom stereocenters. The summed E-state index contributed by atoms with van der Waals surface area (Å²) in [7, 11) is 1.51. The normalized spacial score (nSPS) is 10.1. The number of methoxy groups -OCH3 is 1. The molecular weight excluding hydrogens is 232 g/mol. The number of rotatable bonds is 4. The minimum atomic E-state index is -0.918. The fraction of sp³-hybridized carbons (Fsp3) is 0.154. The quantitative estimate of drug-likeness (QED) is 0.887. The van der Waals surface area contributed by atoms with Gasteiger partial charge < -0.3 is 9.84 Å². The molecule has 92 valence electrons. The summed E-state index contributed by atoms with van der Waals surface area (Å²) >= 11 is 0. The van der Waals surface area contributed by atoms with Crippen molar-refractivity contribution in [2.45, 2.75) is 6.42 Å². The molecule has 5 nitrogen and oxygen atoms in total. The van der Waals surface area contributed by atoms with E-state index in [1.165, 1.54) is 7.11 Å². The van der Waals surface area contributed by atoms with E-state index in [9.17, 15) is 4.79 Å². The average molecular weight is 244 g/mol. The van der Waals surface area contributed by atoms with Crippen LogP contribution >= 0.6 is 0 Å². The van der Waals surface area contributed by atoms with E-state index < -0.39 is 5.97 Å². The monoisotopic (exact) mass is 244 g/mol. The van der Waals surface area contributed by atoms with E-state index in [1.54, 1.807) is 24.5 Å². The van der Waals surface area contributed by atoms with Gasteiger partial charge in [0.25, 0.3) is 0 Å². The Labute approximate surface area is 104 Å². The summed E-state index contributed by atoms with van der Waals surface area (Å²) in [6, 6.07) is 7.18. The SMILES string of the molecule is COc1nc(CC(=O)O)ccc1-c1cccnc1. The Morgan fingerprint density at radius 1 is 1.39 bits per heavy atom. The second-order valence-electron chi connectivity index (χ2n) is 3.67. The van der Waals surface area contributed by atoms with Crippen molar-refractivity contribution < 1.29 is 14.6 Å². The van der Waals surface area contributed by atoms with Gasteiger partial charge in [0.05, 0.1) is 19.2 Å². The fourth-order valence-electron chi connectivity index (χ4n) is 1.63. The Hall–Kier alpha value is -2.43. The fourth-order valence-corrected chi connectivity index (χ4v) is 1.63. The number of hydrogen-bond donors (Lipinski definition) is 1. The van der Waals surface area contributed by atoms with Crippen LogP contribution in [0.4, 0.5) is 0 Å². The standard InChI is InChI=1S/C13H12N2O3/c1-18-13-11(9-3-2-6-14-8-9)5-4-10(15-13)7-12(16)17/h2-6,8H,7H2,1H3,(H,16,17). The topological polar surface area (TPSA) is 72.3 Å². The third kappa shape index (κ3) is 2.63. The van der Waals surface area contributed by atoms with Gasteiger partial charge >= 0.3 is 5.97 Å². The van der Waals surface area contributed by atoms with Gasteiger partial charge in [0.2, 0.25) is 5.88 Å². The number of carboxylic acids is 1. The highest BCUT2D eigenvalue weighted by Gasteiger charge is 2.10. The predicted molar refractivity (Wildman–Crippen MR) is 65.4 cm³/mol. The maximum Gasteiger partial charge on any atom is 0.309 e. The van der Waals surface area contributed by atoms with Crippen molar-refractivity contribution in [3.8, 4) is 17.0 Å². The van der Waals surface area contributed by atoms with E-state index in [2.05, 4.69) is 9.97 Å². The van der Waals surface area contributed by atoms with Crippen molar-refractivity contribution >= 4 is 5.97 Å². The molecule has 1 N–H and O–H groups in total. The molecule has 0 atom stereocenters. The van der Waals surface area contributed by atoms with Crippen LogP contribution in [0, 0.1) is 0 Å². The van der Waals surface area contributed by atoms with Crippen molar-refractivity contribution in [3.63, 3.8) is 0 Å². The summed E-state index contributed by atoms with van der Waals surface area (Å²) in [6.45, 7) is 0. The van der Waals surface area contributed by atoms with E-state index in [0.29, 0.717) is 11.6 Å². The lowest BCUT2D eigenvalue weighted by atomic mass is 10.1. The number of aliphatic carboxylic acids is 1. The summed E-state index contributed by atoms with van der Waals surface area (Å²) in [5.41, 5.74) is 2.13. The van der Waals surface area contributed by atoms with Crippen LogP contribution in [0.25, 0.3) is 11.1 Å². The maximum absolute atomic E-state index is 10.6. The zero-order chi connectivity index (χ0) is 13.0. The molecule has 2 heterocycles. The van der Waals surface area contributed by atoms with Crippen LogP contribution in [0.1, 0.15) is 5.69 Å². The molecule has 0 aliphatic carbocycles. The van der Waals surface area contributed by atoms with Gasteiger partial charge in [-0.15, -0.1) is 0 Å². The van der Waals surface area contributed by atoms with Gasteiger partial charge in [-0.2, -0.15) is 0 Å². The van der Waals surface area contributed by atoms with Gasteiger partial charge in [-0.25, -0.2) is 4.98 Å². The minimum Gasteiger partial charge on any atom is -0.481 e. The Kier molecular flexibility index (Phi) is 3.52. The molecule has 0 saturated carbocycles. The first-order valence-corrected chi connectivity index (χ1v) is 5.37. The van der Waals surface area contributed by atoms with Crippen LogP contribution in [0.15, 0.2) is 36.7 Å². The predicted octanol–water partition coefficient (Wildman–Crippen LogP) is 1.78. The molecule has 2 rings (SSSR count). The van der Waals surface area contributed by atoms with Crippen molar-refractivity contribution in [2.75, 3.05) is 7.11 Å². The number of aromatic nitrogens is 2. The number of carbonyl (C=O) groups is 1. The number of pyridine rings is 2. The number of hydrogen-bond acceptors (Lipinski definition) is 4. The van der Waals surface area contributed by atoms with Crippen LogP contribution in [-0.2, 0) is 11.2 Å². The molecule has 0 spiro atoms. The molecule has 0 aliphatic rings. The average Bonchev–Trinajstić information content (AvgIpc) is 2.39. The Morgan fingerprint density at radius 2 is 2.22 bits per heavy atom. The molecule has 2 aromatic rings. The molecule has 0 radical (unpaired) electrons. The third-order valence-corrected chi connectivity index (χ3v) is 2.42. The smallest absolute Gasteiger partial charge is 0.309 e. The summed E-state index contributed by atoms with van der Waals surface area (Å²) in [5, 5.41) is 8.73. The molecule has 0 aliphatic heterocycles. The van der Waals surface area contributed by atoms with Gasteiger partial charge in [-0.3, -0.25) is 9.78 Å². The van der Waals surface area contributed by atoms with E-state index >= 15 is 0 Å². The van der Waals surface area contributed by atoms with E-state index in [0.717, 1.165) is 11.1 Å². The van der Waals surface area contributed by atoms with Gasteiger partial charge in [-0.05, 0) is 18.2 Å². The third-order valence-electron chi connectivity index (χ3n) is 2.42. The molecule has 0 bridgehead atoms. The lowest BCUT2D eigenvalue weighted by Crippen LogP contribution is -2.03. The highest BCUT2D eigenvalue weighted by atomic mass is 16.5. The number of carboxylic acid groups (broad SMARTS) is 1. The van der Waals surface area contributed by atoms with Crippen LogP contribution in [0.5, 0.6) is 5.88 Å². The van der Waals surface area contributed by atoms with Crippen LogP contribution in [-0.4, -0.2) is 28.2 Å². The lowest BCUT2D eigenvalue weighted by Gasteiger charge is -2.08. The molecule has 0 fully saturated rings. The van der Waals surface area contributed by atoms with E-state index in [4.69, 9.17) is 9.84 Å². The van der Waals surface area contributed by atoms with E-state index in [-0.39, 0.29) is 6.42 Å². The molecule has 0 saturated heterocycles. The van der Waals surface area contributed by atoms with Crippen molar-refractivity contribution in [1.29, 1.82) is 0 Å². The van der Waals surface area contributed by atoms with Gasteiger partial charge in [0.15, 0.2) is 0 Å². The molecular formula is C13H12N2O3. The summed E-state index contributed by atoms with van der Waals surface area (Å²) < 4.78 is 5.19. The second-order valence-corrected chi connectivity index (χ2v) is 3.67. The van der Waals surface area contributed by atoms with Gasteiger partial charge in [0.1, 0.15) is 0 Å². The highest BCUT2D eigenvalue weighted by molar-refractivity contribution is 5.71. The first-order chi connectivity index (χ1) is 8.70. The van der Waals surface area contributed by atoms with Crippen molar-refractivity contribution in [2.24, 2.45) is 0 Å². The van der Waals surface area contributed by atoms with Crippen LogP contribution in [0.3, 0.4) is 0 Å². The minimum absolute atomic E-state index is 0.121. The largest absolute Gasteiger partial charge is 0.481 e. The summed E-state index contributed by atoms with van der Waals surface area (Å²) in [4.78, 5) is 18.8. The molecule has 0 aromatic carbocycles.